The molecule has 1 aliphatic carbocycles. The molecule has 0 aromatic heterocycles. The first kappa shape index (κ1) is 9.54. The smallest absolute Gasteiger partial charge is 0.313 e. The van der Waals surface area contributed by atoms with E-state index in [9.17, 15) is 14.4 Å². The molecule has 1 heterocycles. The zero-order valence-corrected chi connectivity index (χ0v) is 8.49. The second-order valence-electron chi connectivity index (χ2n) is 3.06. The van der Waals surface area contributed by atoms with Gasteiger partial charge in [0.25, 0.3) is 0 Å². The highest BCUT2D eigenvalue weighted by atomic mass is 35.5. The molecule has 76 valence electrons. The predicted octanol–water partition coefficient (Wildman–Crippen LogP) is 0.403. The fourth-order valence-electron chi connectivity index (χ4n) is 1.39. The van der Waals surface area contributed by atoms with Gasteiger partial charge in [-0.15, -0.1) is 0 Å². The number of rotatable bonds is 0. The van der Waals surface area contributed by atoms with Gasteiger partial charge >= 0.3 is 12.1 Å². The fraction of sp³-hybridized carbons (Fsp3) is 0.500. The summed E-state index contributed by atoms with van der Waals surface area (Å²) in [5.74, 6) is -0.256. The Morgan fingerprint density at radius 2 is 1.64 bits per heavy atom. The molecule has 6 nitrogen and oxygen atoms in total. The summed E-state index contributed by atoms with van der Waals surface area (Å²) in [4.78, 5) is 34.9. The summed E-state index contributed by atoms with van der Waals surface area (Å²) in [5.41, 5.74) is 0. The summed E-state index contributed by atoms with van der Waals surface area (Å²) in [7, 11) is 1.39. The number of ketones is 1. The van der Waals surface area contributed by atoms with E-state index in [1.54, 1.807) is 0 Å². The number of fused-ring (bicyclic) bond motifs is 1. The molecule has 1 saturated carbocycles. The lowest BCUT2D eigenvalue weighted by Crippen LogP contribution is -2.40. The number of imide groups is 1. The Morgan fingerprint density at radius 1 is 1.07 bits per heavy atom. The number of Topliss-reactive ketones (excluding diaryl/α,β-unsaturated/α-hetero) is 1. The summed E-state index contributed by atoms with van der Waals surface area (Å²) in [6.07, 6.45) is 0. The zero-order valence-electron chi connectivity index (χ0n) is 6.98. The topological polar surface area (TPSA) is 60.9 Å². The van der Waals surface area contributed by atoms with Gasteiger partial charge in [-0.3, -0.25) is 4.79 Å². The van der Waals surface area contributed by atoms with Gasteiger partial charge in [0.05, 0.1) is 0 Å². The number of amides is 4. The van der Waals surface area contributed by atoms with Crippen molar-refractivity contribution in [1.82, 2.24) is 13.7 Å². The minimum absolute atomic E-state index is 0.256. The molecule has 8 heteroatoms. The van der Waals surface area contributed by atoms with E-state index in [1.165, 1.54) is 7.05 Å². The van der Waals surface area contributed by atoms with Crippen LogP contribution in [0.3, 0.4) is 0 Å². The van der Waals surface area contributed by atoms with Crippen LogP contribution in [0.4, 0.5) is 9.59 Å². The summed E-state index contributed by atoms with van der Waals surface area (Å²) < 4.78 is 1.01. The Labute approximate surface area is 89.1 Å². The fourth-order valence-corrected chi connectivity index (χ4v) is 1.91. The Hall–Kier alpha value is -1.01. The lowest BCUT2D eigenvalue weighted by Gasteiger charge is -2.17. The average molecular weight is 238 g/mol. The van der Waals surface area contributed by atoms with E-state index >= 15 is 0 Å². The Morgan fingerprint density at radius 3 is 2.21 bits per heavy atom. The highest BCUT2D eigenvalue weighted by Crippen LogP contribution is 2.34. The van der Waals surface area contributed by atoms with Crippen LogP contribution < -0.4 is 0 Å². The third kappa shape index (κ3) is 1.01. The molecule has 2 atom stereocenters. The van der Waals surface area contributed by atoms with Crippen LogP contribution in [0.25, 0.3) is 0 Å². The first-order valence-electron chi connectivity index (χ1n) is 3.72. The molecule has 0 spiro atoms. The molecular formula is C6H5Cl2N3O3. The van der Waals surface area contributed by atoms with Crippen molar-refractivity contribution < 1.29 is 14.4 Å². The zero-order chi connectivity index (χ0) is 10.6. The van der Waals surface area contributed by atoms with Gasteiger partial charge in [0.15, 0.2) is 5.78 Å². The molecule has 14 heavy (non-hydrogen) atoms. The van der Waals surface area contributed by atoms with Crippen molar-refractivity contribution in [2.45, 2.75) is 12.1 Å². The molecule has 1 aliphatic heterocycles. The summed E-state index contributed by atoms with van der Waals surface area (Å²) in [6, 6.07) is -3.07. The number of carbonyl (C=O) groups excluding carboxylic acids is 3. The van der Waals surface area contributed by atoms with Crippen molar-refractivity contribution in [3.63, 3.8) is 0 Å². The molecule has 4 amide bonds. The van der Waals surface area contributed by atoms with Crippen LogP contribution in [-0.2, 0) is 4.79 Å². The van der Waals surface area contributed by atoms with Crippen LogP contribution >= 0.6 is 23.6 Å². The number of likely N-dealkylation sites (N-methyl/N-ethyl adjacent to an activating group) is 1. The monoisotopic (exact) mass is 237 g/mol. The van der Waals surface area contributed by atoms with Gasteiger partial charge in [-0.1, -0.05) is 0 Å². The largest absolute Gasteiger partial charge is 0.358 e. The SMILES string of the molecule is CN1C(=O)N(Cl)C(=O)N(Cl)C2C(=O)C21. The molecule has 0 aromatic rings. The second-order valence-corrected chi connectivity index (χ2v) is 3.76. The first-order valence-corrected chi connectivity index (χ1v) is 4.40. The second kappa shape index (κ2) is 2.74. The van der Waals surface area contributed by atoms with Crippen LogP contribution in [0.15, 0.2) is 0 Å². The van der Waals surface area contributed by atoms with E-state index in [0.29, 0.717) is 8.84 Å². The number of halogens is 2. The van der Waals surface area contributed by atoms with E-state index < -0.39 is 24.1 Å². The molecule has 1 saturated heterocycles. The van der Waals surface area contributed by atoms with E-state index in [1.807, 2.05) is 0 Å². The Bertz CT molecular complexity index is 313. The maximum absolute atomic E-state index is 11.3. The average Bonchev–Trinajstić information content (AvgIpc) is 2.84. The highest BCUT2D eigenvalue weighted by molar-refractivity contribution is 6.36. The molecule has 2 rings (SSSR count). The van der Waals surface area contributed by atoms with Gasteiger partial charge in [0.2, 0.25) is 0 Å². The number of nitrogens with zero attached hydrogens (tertiary/aromatic N) is 3. The molecule has 0 radical (unpaired) electrons. The maximum atomic E-state index is 11.3. The molecule has 0 aromatic carbocycles. The van der Waals surface area contributed by atoms with Gasteiger partial charge in [-0.05, 0) is 0 Å². The van der Waals surface area contributed by atoms with Crippen LogP contribution in [0.2, 0.25) is 0 Å². The van der Waals surface area contributed by atoms with Gasteiger partial charge < -0.3 is 4.90 Å². The van der Waals surface area contributed by atoms with Gasteiger partial charge in [-0.2, -0.15) is 4.42 Å². The normalized spacial score (nSPS) is 31.9. The molecule has 2 aliphatic rings. The first-order chi connectivity index (χ1) is 6.46. The molecule has 0 N–H and O–H groups in total. The number of hydrogen-bond acceptors (Lipinski definition) is 3. The van der Waals surface area contributed by atoms with Crippen LogP contribution in [-0.4, -0.2) is 50.7 Å². The van der Waals surface area contributed by atoms with Crippen molar-refractivity contribution >= 4 is 41.4 Å². The predicted molar refractivity (Wildman–Crippen MR) is 46.5 cm³/mol. The molecule has 0 bridgehead atoms. The minimum Gasteiger partial charge on any atom is -0.313 e. The van der Waals surface area contributed by atoms with Crippen LogP contribution in [0.1, 0.15) is 0 Å². The van der Waals surface area contributed by atoms with Crippen molar-refractivity contribution in [1.29, 1.82) is 0 Å². The van der Waals surface area contributed by atoms with Crippen molar-refractivity contribution in [2.75, 3.05) is 7.05 Å². The molecule has 2 fully saturated rings. The van der Waals surface area contributed by atoms with Crippen LogP contribution in [0, 0.1) is 0 Å². The lowest BCUT2D eigenvalue weighted by atomic mass is 10.6. The number of urea groups is 2. The third-order valence-corrected chi connectivity index (χ3v) is 2.90. The summed E-state index contributed by atoms with van der Waals surface area (Å²) in [5, 5.41) is 0. The lowest BCUT2D eigenvalue weighted by molar-refractivity contribution is -0.112. The number of carbonyl (C=O) groups is 3. The van der Waals surface area contributed by atoms with E-state index in [2.05, 4.69) is 0 Å². The van der Waals surface area contributed by atoms with Gasteiger partial charge in [0, 0.05) is 30.6 Å². The van der Waals surface area contributed by atoms with E-state index in [4.69, 9.17) is 23.6 Å². The minimum atomic E-state index is -0.900. The quantitative estimate of drug-likeness (QED) is 0.574. The molecular weight excluding hydrogens is 233 g/mol. The maximum Gasteiger partial charge on any atom is 0.358 e. The van der Waals surface area contributed by atoms with Gasteiger partial charge in [0.1, 0.15) is 12.1 Å². The summed E-state index contributed by atoms with van der Waals surface area (Å²) in [6.45, 7) is 0. The Balaban J connectivity index is 2.36. The standard InChI is InChI=1S/C6H5Cl2N3O3/c1-9-2-3(4(2)12)10(7)6(14)11(8)5(9)13/h2-3H,1H3. The van der Waals surface area contributed by atoms with Crippen molar-refractivity contribution in [2.24, 2.45) is 0 Å². The molecule has 2 unspecified atom stereocenters. The van der Waals surface area contributed by atoms with Crippen molar-refractivity contribution in [3.05, 3.63) is 0 Å². The third-order valence-electron chi connectivity index (χ3n) is 2.25. The Kier molecular flexibility index (Phi) is 1.87. The van der Waals surface area contributed by atoms with E-state index in [-0.39, 0.29) is 5.78 Å². The summed E-state index contributed by atoms with van der Waals surface area (Å²) >= 11 is 10.9. The number of hydrogen-bond donors (Lipinski definition) is 0. The van der Waals surface area contributed by atoms with Crippen LogP contribution in [0.5, 0.6) is 0 Å². The van der Waals surface area contributed by atoms with Gasteiger partial charge in [-0.25, -0.2) is 14.0 Å². The van der Waals surface area contributed by atoms with E-state index in [0.717, 1.165) is 4.90 Å². The highest BCUT2D eigenvalue weighted by Gasteiger charge is 2.62. The van der Waals surface area contributed by atoms with Crippen molar-refractivity contribution in [3.8, 4) is 0 Å².